The Morgan fingerprint density at radius 3 is 2.42 bits per heavy atom. The molecule has 0 unspecified atom stereocenters. The molecule has 0 radical (unpaired) electrons. The molecule has 1 rings (SSSR count). The molecule has 12 heavy (non-hydrogen) atoms. The van der Waals surface area contributed by atoms with Gasteiger partial charge in [0.2, 0.25) is 11.8 Å². The van der Waals surface area contributed by atoms with Crippen LogP contribution >= 0.6 is 0 Å². The van der Waals surface area contributed by atoms with Crippen molar-refractivity contribution in [3.05, 3.63) is 6.07 Å². The van der Waals surface area contributed by atoms with Crippen LogP contribution < -0.4 is 4.74 Å². The monoisotopic (exact) mass is 170 g/mol. The van der Waals surface area contributed by atoms with Crippen molar-refractivity contribution in [2.24, 2.45) is 0 Å². The summed E-state index contributed by atoms with van der Waals surface area (Å²) in [5.74, 6) is -0.595. The highest BCUT2D eigenvalue weighted by molar-refractivity contribution is 5.20. The first-order valence-electron chi connectivity index (χ1n) is 3.62. The fraction of sp³-hybridized carbons (Fsp3) is 0.429. The van der Waals surface area contributed by atoms with Gasteiger partial charge in [-0.25, -0.2) is 0 Å². The van der Waals surface area contributed by atoms with Gasteiger partial charge in [0.05, 0.1) is 12.7 Å². The van der Waals surface area contributed by atoms with E-state index in [-0.39, 0.29) is 17.8 Å². The average Bonchev–Trinajstić information content (AvgIpc) is 1.99. The molecule has 2 N–H and O–H groups in total. The molecule has 0 aliphatic heterocycles. The van der Waals surface area contributed by atoms with E-state index in [2.05, 4.69) is 9.97 Å². The summed E-state index contributed by atoms with van der Waals surface area (Å²) in [5, 5.41) is 17.8. The summed E-state index contributed by atoms with van der Waals surface area (Å²) in [6, 6.07) is 1.04. The van der Waals surface area contributed by atoms with Crippen LogP contribution in [0.5, 0.6) is 17.8 Å². The Kier molecular flexibility index (Phi) is 2.68. The number of hydrogen-bond acceptors (Lipinski definition) is 5. The Labute approximate surface area is 69.7 Å². The molecule has 1 heterocycles. The van der Waals surface area contributed by atoms with Crippen molar-refractivity contribution in [2.75, 3.05) is 6.61 Å². The lowest BCUT2D eigenvalue weighted by atomic mass is 10.5. The number of rotatable bonds is 3. The lowest BCUT2D eigenvalue weighted by Gasteiger charge is -2.01. The first-order valence-corrected chi connectivity index (χ1v) is 3.62. The fourth-order valence-electron chi connectivity index (χ4n) is 0.659. The summed E-state index contributed by atoms with van der Waals surface area (Å²) < 4.78 is 4.97. The van der Waals surface area contributed by atoms with Crippen LogP contribution in [0.2, 0.25) is 0 Å². The molecule has 0 amide bonds. The van der Waals surface area contributed by atoms with Crippen LogP contribution in [-0.4, -0.2) is 26.8 Å². The molecule has 0 aliphatic carbocycles. The minimum atomic E-state index is -0.298. The molecule has 0 fully saturated rings. The van der Waals surface area contributed by atoms with Crippen LogP contribution in [0.25, 0.3) is 0 Å². The SMILES string of the molecule is CCCOc1nc(O)cc(O)n1. The fourth-order valence-corrected chi connectivity index (χ4v) is 0.659. The van der Waals surface area contributed by atoms with E-state index in [1.165, 1.54) is 0 Å². The topological polar surface area (TPSA) is 75.5 Å². The molecule has 66 valence electrons. The number of ether oxygens (including phenoxy) is 1. The largest absolute Gasteiger partial charge is 0.493 e. The zero-order valence-corrected chi connectivity index (χ0v) is 6.69. The second kappa shape index (κ2) is 3.75. The van der Waals surface area contributed by atoms with Crippen molar-refractivity contribution in [3.63, 3.8) is 0 Å². The molecule has 1 aromatic heterocycles. The van der Waals surface area contributed by atoms with Crippen molar-refractivity contribution in [1.82, 2.24) is 9.97 Å². The van der Waals surface area contributed by atoms with Crippen molar-refractivity contribution < 1.29 is 14.9 Å². The van der Waals surface area contributed by atoms with Crippen LogP contribution in [0.1, 0.15) is 13.3 Å². The zero-order valence-electron chi connectivity index (χ0n) is 6.69. The van der Waals surface area contributed by atoms with Gasteiger partial charge in [-0.05, 0) is 6.42 Å². The van der Waals surface area contributed by atoms with Crippen LogP contribution in [0.15, 0.2) is 6.07 Å². The molecule has 0 spiro atoms. The highest BCUT2D eigenvalue weighted by atomic mass is 16.5. The molecular formula is C7H10N2O3. The molecule has 0 atom stereocenters. The molecule has 0 bridgehead atoms. The zero-order chi connectivity index (χ0) is 8.97. The highest BCUT2D eigenvalue weighted by Gasteiger charge is 2.02. The Morgan fingerprint density at radius 1 is 1.33 bits per heavy atom. The third kappa shape index (κ3) is 2.26. The van der Waals surface area contributed by atoms with E-state index in [0.29, 0.717) is 6.61 Å². The lowest BCUT2D eigenvalue weighted by molar-refractivity contribution is 0.280. The summed E-state index contributed by atoms with van der Waals surface area (Å²) in [6.45, 7) is 2.39. The lowest BCUT2D eigenvalue weighted by Crippen LogP contribution is -1.99. The average molecular weight is 170 g/mol. The first-order chi connectivity index (χ1) is 5.72. The van der Waals surface area contributed by atoms with E-state index in [0.717, 1.165) is 12.5 Å². The van der Waals surface area contributed by atoms with Gasteiger partial charge in [0.25, 0.3) is 0 Å². The highest BCUT2D eigenvalue weighted by Crippen LogP contribution is 2.16. The Bertz CT molecular complexity index is 245. The van der Waals surface area contributed by atoms with Crippen molar-refractivity contribution in [1.29, 1.82) is 0 Å². The third-order valence-electron chi connectivity index (χ3n) is 1.11. The predicted molar refractivity (Wildman–Crippen MR) is 41.1 cm³/mol. The quantitative estimate of drug-likeness (QED) is 0.697. The van der Waals surface area contributed by atoms with Gasteiger partial charge < -0.3 is 14.9 Å². The van der Waals surface area contributed by atoms with Crippen molar-refractivity contribution >= 4 is 0 Å². The Balaban J connectivity index is 2.72. The van der Waals surface area contributed by atoms with E-state index >= 15 is 0 Å². The first kappa shape index (κ1) is 8.58. The molecule has 0 saturated carbocycles. The number of hydrogen-bond donors (Lipinski definition) is 2. The standard InChI is InChI=1S/C7H10N2O3/c1-2-3-12-7-8-5(10)4-6(11)9-7/h4H,2-3H2,1H3,(H2,8,9,10,11). The van der Waals surface area contributed by atoms with E-state index in [1.54, 1.807) is 0 Å². The van der Waals surface area contributed by atoms with Gasteiger partial charge in [0, 0.05) is 0 Å². The van der Waals surface area contributed by atoms with Gasteiger partial charge in [-0.3, -0.25) is 0 Å². The molecule has 0 aromatic carbocycles. The van der Waals surface area contributed by atoms with Gasteiger partial charge in [-0.1, -0.05) is 6.92 Å². The molecular weight excluding hydrogens is 160 g/mol. The maximum atomic E-state index is 8.90. The van der Waals surface area contributed by atoms with Crippen molar-refractivity contribution in [2.45, 2.75) is 13.3 Å². The minimum Gasteiger partial charge on any atom is -0.493 e. The predicted octanol–water partition coefficient (Wildman–Crippen LogP) is 0.677. The minimum absolute atomic E-state index is 0.00523. The second-order valence-electron chi connectivity index (χ2n) is 2.22. The Hall–Kier alpha value is -1.52. The maximum absolute atomic E-state index is 8.90. The molecule has 0 saturated heterocycles. The van der Waals surface area contributed by atoms with Crippen LogP contribution in [0, 0.1) is 0 Å². The third-order valence-corrected chi connectivity index (χ3v) is 1.11. The smallest absolute Gasteiger partial charge is 0.323 e. The number of aromatic nitrogens is 2. The summed E-state index contributed by atoms with van der Waals surface area (Å²) in [6.07, 6.45) is 0.819. The molecule has 5 nitrogen and oxygen atoms in total. The molecule has 5 heteroatoms. The van der Waals surface area contributed by atoms with Gasteiger partial charge in [0.1, 0.15) is 0 Å². The van der Waals surface area contributed by atoms with Gasteiger partial charge in [-0.2, -0.15) is 9.97 Å². The summed E-state index contributed by atoms with van der Waals surface area (Å²) in [4.78, 5) is 7.07. The normalized spacial score (nSPS) is 9.75. The van der Waals surface area contributed by atoms with Crippen molar-refractivity contribution in [3.8, 4) is 17.8 Å². The van der Waals surface area contributed by atoms with Crippen LogP contribution in [0.3, 0.4) is 0 Å². The van der Waals surface area contributed by atoms with E-state index < -0.39 is 0 Å². The van der Waals surface area contributed by atoms with E-state index in [9.17, 15) is 0 Å². The summed E-state index contributed by atoms with van der Waals surface area (Å²) in [7, 11) is 0. The maximum Gasteiger partial charge on any atom is 0.323 e. The number of nitrogens with zero attached hydrogens (tertiary/aromatic N) is 2. The molecule has 1 aromatic rings. The molecule has 0 aliphatic rings. The number of aromatic hydroxyl groups is 2. The van der Waals surface area contributed by atoms with Gasteiger partial charge in [0.15, 0.2) is 0 Å². The van der Waals surface area contributed by atoms with Crippen LogP contribution in [-0.2, 0) is 0 Å². The van der Waals surface area contributed by atoms with E-state index in [4.69, 9.17) is 14.9 Å². The van der Waals surface area contributed by atoms with E-state index in [1.807, 2.05) is 6.92 Å². The second-order valence-corrected chi connectivity index (χ2v) is 2.22. The van der Waals surface area contributed by atoms with Gasteiger partial charge >= 0.3 is 6.01 Å². The summed E-state index contributed by atoms with van der Waals surface area (Å²) in [5.41, 5.74) is 0. The summed E-state index contributed by atoms with van der Waals surface area (Å²) >= 11 is 0. The Morgan fingerprint density at radius 2 is 1.92 bits per heavy atom. The van der Waals surface area contributed by atoms with Gasteiger partial charge in [-0.15, -0.1) is 0 Å². The van der Waals surface area contributed by atoms with Crippen LogP contribution in [0.4, 0.5) is 0 Å².